The molecular weight excluding hydrogens is 412 g/mol. The van der Waals surface area contributed by atoms with Crippen molar-refractivity contribution in [1.29, 1.82) is 0 Å². The summed E-state index contributed by atoms with van der Waals surface area (Å²) in [5, 5.41) is 3.73. The van der Waals surface area contributed by atoms with Crippen molar-refractivity contribution < 1.29 is 14.3 Å². The molecule has 1 aliphatic rings. The molecule has 1 aliphatic carbocycles. The minimum atomic E-state index is -0.616. The third kappa shape index (κ3) is 7.00. The van der Waals surface area contributed by atoms with Crippen molar-refractivity contribution in [3.05, 3.63) is 64.7 Å². The summed E-state index contributed by atoms with van der Waals surface area (Å²) < 4.78 is 5.70. The Morgan fingerprint density at radius 2 is 1.84 bits per heavy atom. The highest BCUT2D eigenvalue weighted by Gasteiger charge is 2.28. The van der Waals surface area contributed by atoms with Crippen molar-refractivity contribution in [2.24, 2.45) is 0 Å². The molecule has 2 aromatic carbocycles. The SMILES string of the molecule is Cc1ccc(OCC(=O)N(Cc2cccc(Cl)c2)[C@H](C)C(=O)NC2CCCCC2)cc1. The molecule has 0 unspecified atom stereocenters. The fourth-order valence-electron chi connectivity index (χ4n) is 3.85. The number of benzene rings is 2. The summed E-state index contributed by atoms with van der Waals surface area (Å²) in [6.07, 6.45) is 5.48. The molecular formula is C25H31ClN2O3. The van der Waals surface area contributed by atoms with Crippen LogP contribution in [0.3, 0.4) is 0 Å². The Hall–Kier alpha value is -2.53. The average molecular weight is 443 g/mol. The molecule has 1 atom stereocenters. The first kappa shape index (κ1) is 23.1. The van der Waals surface area contributed by atoms with Crippen LogP contribution >= 0.6 is 11.6 Å². The van der Waals surface area contributed by atoms with Gasteiger partial charge in [0.2, 0.25) is 5.91 Å². The molecule has 0 radical (unpaired) electrons. The smallest absolute Gasteiger partial charge is 0.261 e. The molecule has 0 bridgehead atoms. The van der Waals surface area contributed by atoms with E-state index in [0.29, 0.717) is 10.8 Å². The van der Waals surface area contributed by atoms with Crippen molar-refractivity contribution in [3.63, 3.8) is 0 Å². The maximum Gasteiger partial charge on any atom is 0.261 e. The van der Waals surface area contributed by atoms with E-state index in [2.05, 4.69) is 5.32 Å². The lowest BCUT2D eigenvalue weighted by Gasteiger charge is -2.31. The quantitative estimate of drug-likeness (QED) is 0.633. The number of rotatable bonds is 8. The molecule has 0 heterocycles. The van der Waals surface area contributed by atoms with Crippen LogP contribution in [0.4, 0.5) is 0 Å². The number of carbonyl (C=O) groups is 2. The summed E-state index contributed by atoms with van der Waals surface area (Å²) >= 11 is 6.13. The fraction of sp³-hybridized carbons (Fsp3) is 0.440. The second kappa shape index (κ2) is 11.2. The first-order valence-corrected chi connectivity index (χ1v) is 11.3. The van der Waals surface area contributed by atoms with E-state index in [1.165, 1.54) is 6.42 Å². The van der Waals surface area contributed by atoms with Crippen LogP contribution in [0.5, 0.6) is 5.75 Å². The largest absolute Gasteiger partial charge is 0.484 e. The Morgan fingerprint density at radius 3 is 2.52 bits per heavy atom. The summed E-state index contributed by atoms with van der Waals surface area (Å²) in [4.78, 5) is 27.6. The fourth-order valence-corrected chi connectivity index (χ4v) is 4.06. The topological polar surface area (TPSA) is 58.6 Å². The highest BCUT2D eigenvalue weighted by molar-refractivity contribution is 6.30. The molecule has 2 aromatic rings. The molecule has 0 saturated heterocycles. The van der Waals surface area contributed by atoms with E-state index >= 15 is 0 Å². The van der Waals surface area contributed by atoms with Gasteiger partial charge in [0.05, 0.1) is 0 Å². The Labute approximate surface area is 189 Å². The minimum absolute atomic E-state index is 0.127. The second-order valence-electron chi connectivity index (χ2n) is 8.27. The van der Waals surface area contributed by atoms with Gasteiger partial charge in [0.15, 0.2) is 6.61 Å². The third-order valence-electron chi connectivity index (χ3n) is 5.74. The monoisotopic (exact) mass is 442 g/mol. The number of hydrogen-bond donors (Lipinski definition) is 1. The zero-order chi connectivity index (χ0) is 22.2. The standard InChI is InChI=1S/C25H31ClN2O3/c1-18-11-13-23(14-12-18)31-17-24(29)28(16-20-7-6-8-21(26)15-20)19(2)25(30)27-22-9-4-3-5-10-22/h6-8,11-15,19,22H,3-5,9-10,16-17H2,1-2H3,(H,27,30)/t19-/m1/s1. The van der Waals surface area contributed by atoms with Gasteiger partial charge in [-0.05, 0) is 56.5 Å². The Bertz CT molecular complexity index is 879. The van der Waals surface area contributed by atoms with Crippen LogP contribution in [-0.4, -0.2) is 35.4 Å². The van der Waals surface area contributed by atoms with Gasteiger partial charge in [-0.3, -0.25) is 9.59 Å². The highest BCUT2D eigenvalue weighted by Crippen LogP contribution is 2.19. The van der Waals surface area contributed by atoms with Crippen LogP contribution in [-0.2, 0) is 16.1 Å². The molecule has 166 valence electrons. The number of ether oxygens (including phenoxy) is 1. The van der Waals surface area contributed by atoms with Crippen LogP contribution in [0.25, 0.3) is 0 Å². The molecule has 3 rings (SSSR count). The highest BCUT2D eigenvalue weighted by atomic mass is 35.5. The van der Waals surface area contributed by atoms with Crippen LogP contribution in [0.1, 0.15) is 50.2 Å². The van der Waals surface area contributed by atoms with Gasteiger partial charge < -0.3 is 15.0 Å². The molecule has 0 aromatic heterocycles. The number of nitrogens with one attached hydrogen (secondary N) is 1. The van der Waals surface area contributed by atoms with Gasteiger partial charge in [-0.25, -0.2) is 0 Å². The Morgan fingerprint density at radius 1 is 1.13 bits per heavy atom. The summed E-state index contributed by atoms with van der Waals surface area (Å²) in [5.74, 6) is 0.255. The summed E-state index contributed by atoms with van der Waals surface area (Å²) in [6.45, 7) is 3.92. The lowest BCUT2D eigenvalue weighted by Crippen LogP contribution is -2.51. The van der Waals surface area contributed by atoms with Crippen LogP contribution < -0.4 is 10.1 Å². The van der Waals surface area contributed by atoms with E-state index in [1.54, 1.807) is 17.9 Å². The van der Waals surface area contributed by atoms with Gasteiger partial charge >= 0.3 is 0 Å². The van der Waals surface area contributed by atoms with Crippen molar-refractivity contribution in [2.45, 2.75) is 64.6 Å². The summed E-state index contributed by atoms with van der Waals surface area (Å²) in [5.41, 5.74) is 1.99. The molecule has 5 nitrogen and oxygen atoms in total. The van der Waals surface area contributed by atoms with Gasteiger partial charge in [-0.15, -0.1) is 0 Å². The maximum atomic E-state index is 13.1. The Kier molecular flexibility index (Phi) is 8.35. The summed E-state index contributed by atoms with van der Waals surface area (Å²) in [7, 11) is 0. The van der Waals surface area contributed by atoms with Gasteiger partial charge in [0, 0.05) is 17.6 Å². The van der Waals surface area contributed by atoms with Crippen molar-refractivity contribution in [1.82, 2.24) is 10.2 Å². The van der Waals surface area contributed by atoms with E-state index in [9.17, 15) is 9.59 Å². The van der Waals surface area contributed by atoms with Gasteiger partial charge in [-0.2, -0.15) is 0 Å². The zero-order valence-corrected chi connectivity index (χ0v) is 19.0. The number of halogens is 1. The van der Waals surface area contributed by atoms with Crippen LogP contribution in [0, 0.1) is 6.92 Å². The van der Waals surface area contributed by atoms with Crippen LogP contribution in [0.15, 0.2) is 48.5 Å². The molecule has 0 aliphatic heterocycles. The lowest BCUT2D eigenvalue weighted by atomic mass is 9.95. The molecule has 6 heteroatoms. The normalized spacial score (nSPS) is 15.2. The van der Waals surface area contributed by atoms with E-state index in [-0.39, 0.29) is 31.0 Å². The van der Waals surface area contributed by atoms with E-state index in [4.69, 9.17) is 16.3 Å². The van der Waals surface area contributed by atoms with Gasteiger partial charge in [-0.1, -0.05) is 60.7 Å². The second-order valence-corrected chi connectivity index (χ2v) is 8.71. The number of amides is 2. The summed E-state index contributed by atoms with van der Waals surface area (Å²) in [6, 6.07) is 14.5. The zero-order valence-electron chi connectivity index (χ0n) is 18.3. The molecule has 31 heavy (non-hydrogen) atoms. The predicted molar refractivity (Wildman–Crippen MR) is 123 cm³/mol. The molecule has 2 amide bonds. The van der Waals surface area contributed by atoms with Gasteiger partial charge in [0.25, 0.3) is 5.91 Å². The first-order valence-electron chi connectivity index (χ1n) is 11.0. The predicted octanol–water partition coefficient (Wildman–Crippen LogP) is 4.89. The lowest BCUT2D eigenvalue weighted by molar-refractivity contribution is -0.142. The van der Waals surface area contributed by atoms with Crippen molar-refractivity contribution >= 4 is 23.4 Å². The molecule has 0 spiro atoms. The number of hydrogen-bond acceptors (Lipinski definition) is 3. The number of carbonyl (C=O) groups excluding carboxylic acids is 2. The van der Waals surface area contributed by atoms with E-state index < -0.39 is 6.04 Å². The maximum absolute atomic E-state index is 13.1. The van der Waals surface area contributed by atoms with Crippen molar-refractivity contribution in [2.75, 3.05) is 6.61 Å². The molecule has 1 fully saturated rings. The van der Waals surface area contributed by atoms with Gasteiger partial charge in [0.1, 0.15) is 11.8 Å². The minimum Gasteiger partial charge on any atom is -0.484 e. The third-order valence-corrected chi connectivity index (χ3v) is 5.98. The molecule has 1 saturated carbocycles. The van der Waals surface area contributed by atoms with Crippen LogP contribution in [0.2, 0.25) is 5.02 Å². The number of nitrogens with zero attached hydrogens (tertiary/aromatic N) is 1. The first-order chi connectivity index (χ1) is 14.9. The average Bonchev–Trinajstić information content (AvgIpc) is 2.77. The number of aryl methyl sites for hydroxylation is 1. The van der Waals surface area contributed by atoms with E-state index in [0.717, 1.165) is 36.8 Å². The van der Waals surface area contributed by atoms with E-state index in [1.807, 2.05) is 49.4 Å². The molecule has 1 N–H and O–H groups in total. The Balaban J connectivity index is 1.70. The van der Waals surface area contributed by atoms with Crippen molar-refractivity contribution in [3.8, 4) is 5.75 Å².